The Bertz CT molecular complexity index is 1390. The molecule has 0 heterocycles. The van der Waals surface area contributed by atoms with E-state index in [2.05, 4.69) is 55.6 Å². The van der Waals surface area contributed by atoms with Gasteiger partial charge in [-0.05, 0) is 83.5 Å². The van der Waals surface area contributed by atoms with E-state index in [1.54, 1.807) is 0 Å². The summed E-state index contributed by atoms with van der Waals surface area (Å²) in [6.45, 7) is 4.98. The van der Waals surface area contributed by atoms with Crippen molar-refractivity contribution in [2.24, 2.45) is 0 Å². The Morgan fingerprint density at radius 3 is 0.895 bits per heavy atom. The highest BCUT2D eigenvalue weighted by Crippen LogP contribution is 2.19. The Morgan fingerprint density at radius 2 is 0.581 bits per heavy atom. The van der Waals surface area contributed by atoms with Gasteiger partial charge in [0.05, 0.1) is 25.4 Å². The summed E-state index contributed by atoms with van der Waals surface area (Å²) in [5.41, 5.74) is 0. The predicted octanol–water partition coefficient (Wildman–Crippen LogP) is 25.8. The second-order valence-corrected chi connectivity index (χ2v) is 27.0. The molecule has 0 fully saturated rings. The SMILES string of the molecule is CCCCCCCC/C=C\CCCCCCCC(=O)OCCCCCCCCCCC/C=C\C/C=C\CCCCCCCCCCCCCCCC(=O)NC(CO)C(O)CCCCCCCCCCCCCCCCCCCCCCCCCCC. The maximum atomic E-state index is 12.6. The van der Waals surface area contributed by atoms with Crippen molar-refractivity contribution in [2.75, 3.05) is 13.2 Å². The molecule has 2 unspecified atom stereocenters. The highest BCUT2D eigenvalue weighted by atomic mass is 16.5. The van der Waals surface area contributed by atoms with Crippen molar-refractivity contribution in [1.82, 2.24) is 5.32 Å². The van der Waals surface area contributed by atoms with E-state index >= 15 is 0 Å². The minimum Gasteiger partial charge on any atom is -0.466 e. The van der Waals surface area contributed by atoms with Crippen LogP contribution in [-0.2, 0) is 14.3 Å². The van der Waals surface area contributed by atoms with Gasteiger partial charge in [-0.15, -0.1) is 0 Å². The van der Waals surface area contributed by atoms with E-state index in [1.807, 2.05) is 0 Å². The number of hydrogen-bond donors (Lipinski definition) is 3. The molecule has 3 N–H and O–H groups in total. The summed E-state index contributed by atoms with van der Waals surface area (Å²) in [6.07, 6.45) is 98.0. The zero-order chi connectivity index (χ0) is 62.0. The first-order valence-corrected chi connectivity index (χ1v) is 39.2. The Kier molecular flexibility index (Phi) is 73.9. The molecule has 508 valence electrons. The highest BCUT2D eigenvalue weighted by Gasteiger charge is 2.20. The van der Waals surface area contributed by atoms with Gasteiger partial charge in [0.2, 0.25) is 5.91 Å². The predicted molar refractivity (Wildman–Crippen MR) is 379 cm³/mol. The normalized spacial score (nSPS) is 12.7. The zero-order valence-corrected chi connectivity index (χ0v) is 58.3. The van der Waals surface area contributed by atoms with Crippen molar-refractivity contribution in [2.45, 2.75) is 450 Å². The van der Waals surface area contributed by atoms with Gasteiger partial charge >= 0.3 is 5.97 Å². The van der Waals surface area contributed by atoms with E-state index in [0.29, 0.717) is 25.9 Å². The van der Waals surface area contributed by atoms with E-state index < -0.39 is 12.1 Å². The summed E-state index contributed by atoms with van der Waals surface area (Å²) in [5, 5.41) is 23.5. The second kappa shape index (κ2) is 75.5. The molecular weight excluding hydrogens is 1050 g/mol. The van der Waals surface area contributed by atoms with Crippen LogP contribution in [0.15, 0.2) is 36.5 Å². The summed E-state index contributed by atoms with van der Waals surface area (Å²) in [6, 6.07) is -0.544. The molecule has 0 aromatic carbocycles. The molecule has 0 saturated carbocycles. The number of nitrogens with one attached hydrogen (secondary N) is 1. The van der Waals surface area contributed by atoms with Crippen LogP contribution >= 0.6 is 0 Å². The van der Waals surface area contributed by atoms with Crippen molar-refractivity contribution in [3.05, 3.63) is 36.5 Å². The lowest BCUT2D eigenvalue weighted by Gasteiger charge is -2.22. The molecule has 0 radical (unpaired) electrons. The smallest absolute Gasteiger partial charge is 0.305 e. The lowest BCUT2D eigenvalue weighted by Crippen LogP contribution is -2.45. The van der Waals surface area contributed by atoms with Gasteiger partial charge in [0.1, 0.15) is 0 Å². The van der Waals surface area contributed by atoms with Gasteiger partial charge in [-0.2, -0.15) is 0 Å². The first kappa shape index (κ1) is 84.1. The fraction of sp³-hybridized carbons (Fsp3) is 0.900. The number of ether oxygens (including phenoxy) is 1. The largest absolute Gasteiger partial charge is 0.466 e. The number of unbranched alkanes of at least 4 members (excludes halogenated alkanes) is 57. The quantitative estimate of drug-likeness (QED) is 0.0320. The van der Waals surface area contributed by atoms with Crippen LogP contribution in [0.5, 0.6) is 0 Å². The van der Waals surface area contributed by atoms with Crippen LogP contribution in [0.1, 0.15) is 438 Å². The average molecular weight is 1210 g/mol. The van der Waals surface area contributed by atoms with E-state index in [1.165, 1.54) is 353 Å². The van der Waals surface area contributed by atoms with Crippen molar-refractivity contribution in [3.8, 4) is 0 Å². The lowest BCUT2D eigenvalue weighted by atomic mass is 10.0. The Labute approximate surface area is 538 Å². The molecule has 0 aliphatic rings. The van der Waals surface area contributed by atoms with Crippen molar-refractivity contribution < 1.29 is 24.5 Å². The van der Waals surface area contributed by atoms with E-state index in [9.17, 15) is 19.8 Å². The third-order valence-corrected chi connectivity index (χ3v) is 18.4. The molecule has 0 aliphatic heterocycles. The van der Waals surface area contributed by atoms with Crippen LogP contribution in [0.2, 0.25) is 0 Å². The standard InChI is InChI=1S/C80H153NO5/c1-3-5-7-9-11-13-15-17-19-20-21-22-23-29-32-35-38-41-45-48-52-56-60-64-68-72-78(83)77(76-82)81-79(84)73-69-65-61-57-53-49-46-42-39-36-33-30-27-25-24-26-28-31-34-37-40-43-47-51-55-59-63-67-71-75-86-80(85)74-70-66-62-58-54-50-44-18-16-14-12-10-8-6-4-2/h18,24,26,31,34,44,77-78,82-83H,3-17,19-23,25,27-30,32-33,35-43,45-76H2,1-2H3,(H,81,84)/b26-24-,34-31-,44-18-. The first-order valence-electron chi connectivity index (χ1n) is 39.2. The van der Waals surface area contributed by atoms with Gasteiger partial charge in [0.25, 0.3) is 0 Å². The van der Waals surface area contributed by atoms with Crippen LogP contribution in [0.3, 0.4) is 0 Å². The summed E-state index contributed by atoms with van der Waals surface area (Å²) < 4.78 is 5.49. The maximum absolute atomic E-state index is 12.6. The second-order valence-electron chi connectivity index (χ2n) is 27.0. The minimum atomic E-state index is -0.667. The lowest BCUT2D eigenvalue weighted by molar-refractivity contribution is -0.143. The van der Waals surface area contributed by atoms with Crippen molar-refractivity contribution >= 4 is 11.9 Å². The number of aliphatic hydroxyl groups excluding tert-OH is 2. The van der Waals surface area contributed by atoms with Crippen LogP contribution < -0.4 is 5.32 Å². The van der Waals surface area contributed by atoms with Gasteiger partial charge in [-0.25, -0.2) is 0 Å². The highest BCUT2D eigenvalue weighted by molar-refractivity contribution is 5.76. The fourth-order valence-corrected chi connectivity index (χ4v) is 12.4. The molecule has 0 bridgehead atoms. The van der Waals surface area contributed by atoms with E-state index in [4.69, 9.17) is 4.74 Å². The summed E-state index contributed by atoms with van der Waals surface area (Å²) in [4.78, 5) is 24.7. The Hall–Kier alpha value is -1.92. The molecule has 86 heavy (non-hydrogen) atoms. The average Bonchev–Trinajstić information content (AvgIpc) is 3.54. The molecule has 6 nitrogen and oxygen atoms in total. The van der Waals surface area contributed by atoms with Gasteiger partial charge in [0, 0.05) is 12.8 Å². The maximum Gasteiger partial charge on any atom is 0.305 e. The third-order valence-electron chi connectivity index (χ3n) is 18.4. The molecule has 0 saturated heterocycles. The van der Waals surface area contributed by atoms with Gasteiger partial charge in [0.15, 0.2) is 0 Å². The van der Waals surface area contributed by atoms with Gasteiger partial charge in [-0.3, -0.25) is 9.59 Å². The van der Waals surface area contributed by atoms with E-state index in [0.717, 1.165) is 51.4 Å². The van der Waals surface area contributed by atoms with Crippen molar-refractivity contribution in [1.29, 1.82) is 0 Å². The van der Waals surface area contributed by atoms with Gasteiger partial charge < -0.3 is 20.3 Å². The molecule has 0 aromatic rings. The number of esters is 1. The molecule has 6 heteroatoms. The number of amides is 1. The molecular formula is C80H153NO5. The molecule has 1 amide bonds. The summed E-state index contributed by atoms with van der Waals surface area (Å²) in [7, 11) is 0. The first-order chi connectivity index (χ1) is 42.5. The monoisotopic (exact) mass is 1210 g/mol. The Morgan fingerprint density at radius 1 is 0.326 bits per heavy atom. The fourth-order valence-electron chi connectivity index (χ4n) is 12.4. The third kappa shape index (κ3) is 71.2. The zero-order valence-electron chi connectivity index (χ0n) is 58.3. The van der Waals surface area contributed by atoms with Crippen molar-refractivity contribution in [3.63, 3.8) is 0 Å². The molecule has 0 aliphatic carbocycles. The number of carbonyl (C=O) groups is 2. The molecule has 0 rings (SSSR count). The number of rotatable bonds is 74. The summed E-state index contributed by atoms with van der Waals surface area (Å²) in [5.74, 6) is -0.0259. The number of aliphatic hydroxyl groups is 2. The topological polar surface area (TPSA) is 95.9 Å². The van der Waals surface area contributed by atoms with Crippen LogP contribution in [0.25, 0.3) is 0 Å². The Balaban J connectivity index is 3.40. The minimum absolute atomic E-state index is 0.00489. The summed E-state index contributed by atoms with van der Waals surface area (Å²) >= 11 is 0. The van der Waals surface area contributed by atoms with Crippen LogP contribution in [0, 0.1) is 0 Å². The number of hydrogen-bond acceptors (Lipinski definition) is 5. The van der Waals surface area contributed by atoms with E-state index in [-0.39, 0.29) is 18.5 Å². The molecule has 0 spiro atoms. The number of carbonyl (C=O) groups excluding carboxylic acids is 2. The van der Waals surface area contributed by atoms with Gasteiger partial charge in [-0.1, -0.05) is 378 Å². The van der Waals surface area contributed by atoms with Crippen LogP contribution in [-0.4, -0.2) is 47.4 Å². The molecule has 2 atom stereocenters. The number of allylic oxidation sites excluding steroid dienone is 6. The van der Waals surface area contributed by atoms with Crippen LogP contribution in [0.4, 0.5) is 0 Å². The molecule has 0 aromatic heterocycles.